The Balaban J connectivity index is 1.82. The second-order valence-electron chi connectivity index (χ2n) is 6.03. The fraction of sp³-hybridized carbons (Fsp3) is 0.200. The number of nitrogens with one attached hydrogen (secondary N) is 1. The zero-order chi connectivity index (χ0) is 21.1. The highest BCUT2D eigenvalue weighted by Gasteiger charge is 2.25. The van der Waals surface area contributed by atoms with Crippen molar-refractivity contribution in [2.24, 2.45) is 5.10 Å². The van der Waals surface area contributed by atoms with E-state index in [1.54, 1.807) is 0 Å². The summed E-state index contributed by atoms with van der Waals surface area (Å²) in [5.74, 6) is -0.720. The van der Waals surface area contributed by atoms with Crippen LogP contribution in [0.15, 0.2) is 27.9 Å². The summed E-state index contributed by atoms with van der Waals surface area (Å²) < 4.78 is 5.82. The molecular weight excluding hydrogens is 406 g/mol. The third-order valence-electron chi connectivity index (χ3n) is 3.71. The van der Waals surface area contributed by atoms with Gasteiger partial charge in [-0.2, -0.15) is 9.78 Å². The molecule has 14 heteroatoms. The van der Waals surface area contributed by atoms with Crippen LogP contribution in [-0.4, -0.2) is 42.4 Å². The van der Waals surface area contributed by atoms with E-state index >= 15 is 0 Å². The molecule has 1 aromatic carbocycles. The fourth-order valence-electron chi connectivity index (χ4n) is 2.43. The van der Waals surface area contributed by atoms with Gasteiger partial charge in [-0.1, -0.05) is 36.7 Å². The first-order chi connectivity index (χ1) is 13.8. The van der Waals surface area contributed by atoms with E-state index in [4.69, 9.17) is 17.3 Å². The lowest BCUT2D eigenvalue weighted by Crippen LogP contribution is -2.21. The Bertz CT molecular complexity index is 1110. The van der Waals surface area contributed by atoms with Gasteiger partial charge in [0.15, 0.2) is 5.69 Å². The molecule has 0 radical (unpaired) electrons. The van der Waals surface area contributed by atoms with E-state index < -0.39 is 10.8 Å². The van der Waals surface area contributed by atoms with Crippen LogP contribution in [0.3, 0.4) is 0 Å². The van der Waals surface area contributed by atoms with Crippen LogP contribution >= 0.6 is 11.6 Å². The molecule has 2 aromatic heterocycles. The van der Waals surface area contributed by atoms with Crippen LogP contribution < -0.4 is 11.2 Å². The Morgan fingerprint density at radius 1 is 1.45 bits per heavy atom. The van der Waals surface area contributed by atoms with E-state index in [9.17, 15) is 14.9 Å². The maximum absolute atomic E-state index is 12.5. The zero-order valence-electron chi connectivity index (χ0n) is 15.1. The molecule has 0 unspecified atom stereocenters. The number of carbonyl (C=O) groups is 1. The maximum atomic E-state index is 12.5. The smallest absolute Gasteiger partial charge is 0.293 e. The van der Waals surface area contributed by atoms with Crippen LogP contribution in [0.5, 0.6) is 0 Å². The number of aromatic nitrogens is 5. The van der Waals surface area contributed by atoms with Gasteiger partial charge in [0.1, 0.15) is 5.02 Å². The molecule has 29 heavy (non-hydrogen) atoms. The standard InChI is InChI=1S/C15H14ClN9O4/c1-7(2)12-11(19-23-24(12)14-13(17)21-29-22-14)15(26)20-18-6-8-3-4-9(16)10(5-8)25(27)28/h3-7H,1-2H3,(H2,17,21)(H,20,26). The average molecular weight is 420 g/mol. The predicted octanol–water partition coefficient (Wildman–Crippen LogP) is 1.68. The second-order valence-corrected chi connectivity index (χ2v) is 6.44. The van der Waals surface area contributed by atoms with Gasteiger partial charge in [0, 0.05) is 11.6 Å². The molecule has 3 N–H and O–H groups in total. The molecule has 1 amide bonds. The average Bonchev–Trinajstić information content (AvgIpc) is 3.28. The number of amides is 1. The Morgan fingerprint density at radius 2 is 2.21 bits per heavy atom. The van der Waals surface area contributed by atoms with Crippen LogP contribution in [0, 0.1) is 10.1 Å². The van der Waals surface area contributed by atoms with Crippen LogP contribution in [0.2, 0.25) is 5.02 Å². The summed E-state index contributed by atoms with van der Waals surface area (Å²) in [4.78, 5) is 22.8. The number of hydrogen-bond acceptors (Lipinski definition) is 10. The molecule has 2 heterocycles. The van der Waals surface area contributed by atoms with Crippen LogP contribution in [0.25, 0.3) is 5.82 Å². The number of nitrogens with zero attached hydrogens (tertiary/aromatic N) is 7. The quantitative estimate of drug-likeness (QED) is 0.341. The van der Waals surface area contributed by atoms with E-state index in [0.29, 0.717) is 11.3 Å². The minimum Gasteiger partial charge on any atom is -0.378 e. The van der Waals surface area contributed by atoms with Crippen molar-refractivity contribution in [3.63, 3.8) is 0 Å². The molecule has 0 saturated carbocycles. The summed E-state index contributed by atoms with van der Waals surface area (Å²) >= 11 is 5.76. The van der Waals surface area contributed by atoms with Gasteiger partial charge in [0.25, 0.3) is 11.6 Å². The van der Waals surface area contributed by atoms with E-state index in [1.807, 2.05) is 13.8 Å². The van der Waals surface area contributed by atoms with Crippen molar-refractivity contribution in [2.75, 3.05) is 5.73 Å². The molecule has 3 rings (SSSR count). The lowest BCUT2D eigenvalue weighted by molar-refractivity contribution is -0.384. The highest BCUT2D eigenvalue weighted by atomic mass is 35.5. The summed E-state index contributed by atoms with van der Waals surface area (Å²) in [6.45, 7) is 3.65. The van der Waals surface area contributed by atoms with Gasteiger partial charge in [-0.05, 0) is 22.3 Å². The van der Waals surface area contributed by atoms with Crippen molar-refractivity contribution >= 4 is 35.2 Å². The lowest BCUT2D eigenvalue weighted by atomic mass is 10.1. The van der Waals surface area contributed by atoms with Crippen molar-refractivity contribution in [3.05, 3.63) is 50.3 Å². The van der Waals surface area contributed by atoms with Gasteiger partial charge < -0.3 is 5.73 Å². The SMILES string of the molecule is CC(C)c1c(C(=O)NN=Cc2ccc(Cl)c([N+](=O)[O-])c2)nnn1-c1nonc1N. The fourth-order valence-corrected chi connectivity index (χ4v) is 2.62. The monoisotopic (exact) mass is 419 g/mol. The first-order valence-electron chi connectivity index (χ1n) is 8.11. The number of nitrogen functional groups attached to an aromatic ring is 1. The minimum absolute atomic E-state index is 0.00152. The largest absolute Gasteiger partial charge is 0.378 e. The van der Waals surface area contributed by atoms with Crippen molar-refractivity contribution < 1.29 is 14.3 Å². The Kier molecular flexibility index (Phi) is 5.50. The topological polar surface area (TPSA) is 180 Å². The van der Waals surface area contributed by atoms with Crippen molar-refractivity contribution in [1.29, 1.82) is 0 Å². The molecule has 3 aromatic rings. The number of carbonyl (C=O) groups excluding carboxylic acids is 1. The van der Waals surface area contributed by atoms with Crippen LogP contribution in [-0.2, 0) is 0 Å². The molecule has 0 aliphatic heterocycles. The minimum atomic E-state index is -0.644. The normalized spacial score (nSPS) is 11.3. The van der Waals surface area contributed by atoms with Gasteiger partial charge in [-0.25, -0.2) is 10.1 Å². The Labute approximate surface area is 167 Å². The summed E-state index contributed by atoms with van der Waals surface area (Å²) in [5, 5.41) is 29.6. The number of halogens is 1. The van der Waals surface area contributed by atoms with Crippen molar-refractivity contribution in [2.45, 2.75) is 19.8 Å². The number of rotatable bonds is 6. The van der Waals surface area contributed by atoms with E-state index in [-0.39, 0.29) is 34.0 Å². The summed E-state index contributed by atoms with van der Waals surface area (Å²) in [6.07, 6.45) is 1.24. The number of anilines is 1. The van der Waals surface area contributed by atoms with Gasteiger partial charge in [0.2, 0.25) is 11.6 Å². The zero-order valence-corrected chi connectivity index (χ0v) is 15.9. The molecule has 150 valence electrons. The number of nitrogens with two attached hydrogens (primary N) is 1. The molecule has 0 fully saturated rings. The third-order valence-corrected chi connectivity index (χ3v) is 4.03. The first-order valence-corrected chi connectivity index (χ1v) is 8.48. The maximum Gasteiger partial charge on any atom is 0.293 e. The second kappa shape index (κ2) is 8.02. The van der Waals surface area contributed by atoms with Crippen molar-refractivity contribution in [3.8, 4) is 5.82 Å². The van der Waals surface area contributed by atoms with E-state index in [1.165, 1.54) is 29.1 Å². The van der Waals surface area contributed by atoms with Crippen LogP contribution in [0.1, 0.15) is 41.5 Å². The number of hydrogen-bond donors (Lipinski definition) is 2. The highest BCUT2D eigenvalue weighted by Crippen LogP contribution is 2.24. The van der Waals surface area contributed by atoms with Gasteiger partial charge in [-0.3, -0.25) is 14.9 Å². The molecule has 0 aliphatic rings. The summed E-state index contributed by atoms with van der Waals surface area (Å²) in [6, 6.07) is 4.11. The number of nitro benzene ring substituents is 1. The van der Waals surface area contributed by atoms with Gasteiger partial charge in [-0.15, -0.1) is 5.10 Å². The van der Waals surface area contributed by atoms with E-state index in [2.05, 4.69) is 35.8 Å². The first kappa shape index (κ1) is 19.9. The molecular formula is C15H14ClN9O4. The van der Waals surface area contributed by atoms with E-state index in [0.717, 1.165) is 0 Å². The molecule has 0 saturated heterocycles. The van der Waals surface area contributed by atoms with Crippen molar-refractivity contribution in [1.82, 2.24) is 30.7 Å². The summed E-state index contributed by atoms with van der Waals surface area (Å²) in [7, 11) is 0. The Hall–Kier alpha value is -3.87. The third kappa shape index (κ3) is 4.03. The van der Waals surface area contributed by atoms with Gasteiger partial charge >= 0.3 is 0 Å². The number of hydrazone groups is 1. The molecule has 0 atom stereocenters. The molecule has 0 bridgehead atoms. The molecule has 13 nitrogen and oxygen atoms in total. The molecule has 0 spiro atoms. The Morgan fingerprint density at radius 3 is 2.83 bits per heavy atom. The lowest BCUT2D eigenvalue weighted by Gasteiger charge is -2.08. The number of benzene rings is 1. The predicted molar refractivity (Wildman–Crippen MR) is 101 cm³/mol. The van der Waals surface area contributed by atoms with Gasteiger partial charge in [0.05, 0.1) is 16.8 Å². The van der Waals surface area contributed by atoms with Crippen LogP contribution in [0.4, 0.5) is 11.5 Å². The summed E-state index contributed by atoms with van der Waals surface area (Å²) in [5.41, 5.74) is 8.50. The highest BCUT2D eigenvalue weighted by molar-refractivity contribution is 6.32. The number of nitro groups is 1. The molecule has 0 aliphatic carbocycles.